The Morgan fingerprint density at radius 1 is 1.39 bits per heavy atom. The second kappa shape index (κ2) is 5.75. The second-order valence-electron chi connectivity index (χ2n) is 4.16. The Balaban J connectivity index is 2.33. The lowest BCUT2D eigenvalue weighted by Gasteiger charge is -2.07. The molecule has 0 aliphatic rings. The third kappa shape index (κ3) is 2.57. The molecule has 5 nitrogen and oxygen atoms in total. The Hall–Kier alpha value is -1.72. The van der Waals surface area contributed by atoms with E-state index in [2.05, 4.69) is 10.3 Å². The Bertz CT molecular complexity index is 509. The maximum atomic E-state index is 5.94. The molecule has 1 heterocycles. The average Bonchev–Trinajstić information content (AvgIpc) is 2.88. The van der Waals surface area contributed by atoms with Gasteiger partial charge in [-0.25, -0.2) is 4.68 Å². The van der Waals surface area contributed by atoms with Gasteiger partial charge in [-0.1, -0.05) is 30.3 Å². The Kier molecular flexibility index (Phi) is 4.07. The van der Waals surface area contributed by atoms with Crippen molar-refractivity contribution in [2.75, 3.05) is 7.11 Å². The van der Waals surface area contributed by atoms with Gasteiger partial charge in [-0.05, 0) is 12.5 Å². The number of nitrogens with two attached hydrogens (primary N) is 1. The molecule has 1 aromatic carbocycles. The topological polar surface area (TPSA) is 66.0 Å². The molecule has 2 rings (SSSR count). The quantitative estimate of drug-likeness (QED) is 0.874. The van der Waals surface area contributed by atoms with Crippen molar-refractivity contribution in [2.24, 2.45) is 5.73 Å². The fourth-order valence-corrected chi connectivity index (χ4v) is 1.79. The van der Waals surface area contributed by atoms with E-state index < -0.39 is 0 Å². The second-order valence-corrected chi connectivity index (χ2v) is 4.16. The predicted molar refractivity (Wildman–Crippen MR) is 69.3 cm³/mol. The number of aromatic nitrogens is 3. The molecule has 2 N–H and O–H groups in total. The summed E-state index contributed by atoms with van der Waals surface area (Å²) in [5, 5.41) is 8.24. The molecule has 1 unspecified atom stereocenters. The maximum Gasteiger partial charge on any atom is 0.0998 e. The van der Waals surface area contributed by atoms with Crippen LogP contribution in [0.15, 0.2) is 30.5 Å². The van der Waals surface area contributed by atoms with Crippen molar-refractivity contribution in [3.63, 3.8) is 0 Å². The molecule has 0 saturated carbocycles. The van der Waals surface area contributed by atoms with Crippen molar-refractivity contribution in [3.8, 4) is 5.69 Å². The zero-order valence-corrected chi connectivity index (χ0v) is 10.7. The monoisotopic (exact) mass is 246 g/mol. The number of para-hydroxylation sites is 1. The van der Waals surface area contributed by atoms with E-state index in [1.54, 1.807) is 11.8 Å². The molecule has 5 heteroatoms. The van der Waals surface area contributed by atoms with Crippen molar-refractivity contribution in [1.29, 1.82) is 0 Å². The third-order valence-corrected chi connectivity index (χ3v) is 2.87. The van der Waals surface area contributed by atoms with Crippen molar-refractivity contribution in [3.05, 3.63) is 41.7 Å². The standard InChI is InChI=1S/C13H18N4O/c1-3-11(14)12-8-17(16-15-12)13-7-5-4-6-10(13)9-18-2/h4-8,11H,3,9,14H2,1-2H3. The third-order valence-electron chi connectivity index (χ3n) is 2.87. The van der Waals surface area contributed by atoms with E-state index in [9.17, 15) is 0 Å². The number of hydrogen-bond acceptors (Lipinski definition) is 4. The van der Waals surface area contributed by atoms with Gasteiger partial charge in [0.1, 0.15) is 0 Å². The summed E-state index contributed by atoms with van der Waals surface area (Å²) in [6.07, 6.45) is 2.72. The molecule has 1 atom stereocenters. The normalized spacial score (nSPS) is 12.6. The van der Waals surface area contributed by atoms with Crippen molar-refractivity contribution in [2.45, 2.75) is 26.0 Å². The van der Waals surface area contributed by atoms with Gasteiger partial charge in [0, 0.05) is 12.7 Å². The summed E-state index contributed by atoms with van der Waals surface area (Å²) in [5.74, 6) is 0. The predicted octanol–water partition coefficient (Wildman–Crippen LogP) is 1.82. The van der Waals surface area contributed by atoms with Gasteiger partial charge in [-0.15, -0.1) is 5.10 Å². The van der Waals surface area contributed by atoms with Crippen LogP contribution in [0.4, 0.5) is 0 Å². The highest BCUT2D eigenvalue weighted by atomic mass is 16.5. The lowest BCUT2D eigenvalue weighted by atomic mass is 10.2. The van der Waals surface area contributed by atoms with Crippen LogP contribution in [0.5, 0.6) is 0 Å². The number of rotatable bonds is 5. The molecule has 0 radical (unpaired) electrons. The van der Waals surface area contributed by atoms with Crippen LogP contribution < -0.4 is 5.73 Å². The summed E-state index contributed by atoms with van der Waals surface area (Å²) < 4.78 is 6.93. The van der Waals surface area contributed by atoms with E-state index in [1.807, 2.05) is 37.4 Å². The maximum absolute atomic E-state index is 5.94. The first-order chi connectivity index (χ1) is 8.76. The van der Waals surface area contributed by atoms with Gasteiger partial charge in [0.05, 0.1) is 30.2 Å². The molecule has 18 heavy (non-hydrogen) atoms. The van der Waals surface area contributed by atoms with Crippen molar-refractivity contribution in [1.82, 2.24) is 15.0 Å². The summed E-state index contributed by atoms with van der Waals surface area (Å²) in [4.78, 5) is 0. The molecular weight excluding hydrogens is 228 g/mol. The Morgan fingerprint density at radius 3 is 2.89 bits per heavy atom. The van der Waals surface area contributed by atoms with Gasteiger partial charge in [0.15, 0.2) is 0 Å². The summed E-state index contributed by atoms with van der Waals surface area (Å²) in [7, 11) is 1.68. The van der Waals surface area contributed by atoms with Gasteiger partial charge in [0.25, 0.3) is 0 Å². The summed E-state index contributed by atoms with van der Waals surface area (Å²) in [5.41, 5.74) is 8.80. The Morgan fingerprint density at radius 2 is 2.17 bits per heavy atom. The fourth-order valence-electron chi connectivity index (χ4n) is 1.79. The molecule has 0 bridgehead atoms. The van der Waals surface area contributed by atoms with E-state index in [0.717, 1.165) is 23.4 Å². The first-order valence-electron chi connectivity index (χ1n) is 6.01. The number of ether oxygens (including phenoxy) is 1. The molecule has 0 aliphatic heterocycles. The van der Waals surface area contributed by atoms with Gasteiger partial charge in [-0.3, -0.25) is 0 Å². The molecule has 0 aliphatic carbocycles. The van der Waals surface area contributed by atoms with E-state index >= 15 is 0 Å². The molecular formula is C13H18N4O. The SMILES string of the molecule is CCC(N)c1cn(-c2ccccc2COC)nn1. The van der Waals surface area contributed by atoms with Gasteiger partial charge in [0.2, 0.25) is 0 Å². The lowest BCUT2D eigenvalue weighted by molar-refractivity contribution is 0.184. The van der Waals surface area contributed by atoms with Crippen LogP contribution in [0.1, 0.15) is 30.6 Å². The number of hydrogen-bond donors (Lipinski definition) is 1. The van der Waals surface area contributed by atoms with E-state index in [0.29, 0.717) is 6.61 Å². The van der Waals surface area contributed by atoms with Crippen LogP contribution in [0.3, 0.4) is 0 Å². The zero-order valence-electron chi connectivity index (χ0n) is 10.7. The summed E-state index contributed by atoms with van der Waals surface area (Å²) in [6.45, 7) is 2.58. The van der Waals surface area contributed by atoms with Crippen LogP contribution in [0.2, 0.25) is 0 Å². The zero-order chi connectivity index (χ0) is 13.0. The summed E-state index contributed by atoms with van der Waals surface area (Å²) in [6, 6.07) is 7.89. The largest absolute Gasteiger partial charge is 0.380 e. The Labute approximate surface area is 107 Å². The van der Waals surface area contributed by atoms with Gasteiger partial charge in [-0.2, -0.15) is 0 Å². The molecule has 1 aromatic heterocycles. The highest BCUT2D eigenvalue weighted by Crippen LogP contribution is 2.16. The minimum absolute atomic E-state index is 0.0617. The van der Waals surface area contributed by atoms with Crippen molar-refractivity contribution >= 4 is 0 Å². The number of benzene rings is 1. The molecule has 0 spiro atoms. The minimum atomic E-state index is -0.0617. The highest BCUT2D eigenvalue weighted by molar-refractivity contribution is 5.39. The lowest BCUT2D eigenvalue weighted by Crippen LogP contribution is -2.08. The molecule has 0 fully saturated rings. The number of nitrogens with zero attached hydrogens (tertiary/aromatic N) is 3. The van der Waals surface area contributed by atoms with Crippen molar-refractivity contribution < 1.29 is 4.74 Å². The molecule has 96 valence electrons. The molecule has 2 aromatic rings. The van der Waals surface area contributed by atoms with Crippen LogP contribution in [-0.4, -0.2) is 22.1 Å². The molecule has 0 saturated heterocycles. The van der Waals surface area contributed by atoms with Crippen LogP contribution in [0.25, 0.3) is 5.69 Å². The molecule has 0 amide bonds. The highest BCUT2D eigenvalue weighted by Gasteiger charge is 2.11. The average molecular weight is 246 g/mol. The van der Waals surface area contributed by atoms with Crippen LogP contribution in [0, 0.1) is 0 Å². The van der Waals surface area contributed by atoms with Gasteiger partial charge >= 0.3 is 0 Å². The van der Waals surface area contributed by atoms with E-state index in [-0.39, 0.29) is 6.04 Å². The van der Waals surface area contributed by atoms with Crippen LogP contribution in [-0.2, 0) is 11.3 Å². The minimum Gasteiger partial charge on any atom is -0.380 e. The van der Waals surface area contributed by atoms with Crippen LogP contribution >= 0.6 is 0 Å². The first kappa shape index (κ1) is 12.7. The number of methoxy groups -OCH3 is 1. The smallest absolute Gasteiger partial charge is 0.0998 e. The fraction of sp³-hybridized carbons (Fsp3) is 0.385. The van der Waals surface area contributed by atoms with Gasteiger partial charge < -0.3 is 10.5 Å². The van der Waals surface area contributed by atoms with E-state index in [4.69, 9.17) is 10.5 Å². The first-order valence-corrected chi connectivity index (χ1v) is 6.01. The summed E-state index contributed by atoms with van der Waals surface area (Å²) >= 11 is 0. The van der Waals surface area contributed by atoms with E-state index in [1.165, 1.54) is 0 Å².